The predicted molar refractivity (Wildman–Crippen MR) is 84.9 cm³/mol. The second kappa shape index (κ2) is 5.68. The van der Waals surface area contributed by atoms with Crippen LogP contribution in [0.15, 0.2) is 23.0 Å². The number of hydrogen-bond acceptors (Lipinski definition) is 5. The molecule has 0 spiro atoms. The van der Waals surface area contributed by atoms with Crippen molar-refractivity contribution >= 4 is 6.09 Å². The number of aromatic nitrogens is 2. The van der Waals surface area contributed by atoms with E-state index in [1.165, 1.54) is 11.9 Å². The Morgan fingerprint density at radius 2 is 2.17 bits per heavy atom. The Kier molecular flexibility index (Phi) is 3.83. The Morgan fingerprint density at radius 1 is 1.39 bits per heavy atom. The SMILES string of the molecule is Cc1cc2c(cc1-c1ncno1)CC[C@H]2NC(=O)OC(C)(C)C. The fourth-order valence-electron chi connectivity index (χ4n) is 2.89. The van der Waals surface area contributed by atoms with Crippen molar-refractivity contribution in [1.82, 2.24) is 15.5 Å². The summed E-state index contributed by atoms with van der Waals surface area (Å²) in [5.74, 6) is 0.522. The summed E-state index contributed by atoms with van der Waals surface area (Å²) in [6.07, 6.45) is 2.78. The topological polar surface area (TPSA) is 77.3 Å². The first kappa shape index (κ1) is 15.5. The maximum absolute atomic E-state index is 12.0. The molecule has 0 aliphatic heterocycles. The molecule has 122 valence electrons. The van der Waals surface area contributed by atoms with Gasteiger partial charge in [-0.3, -0.25) is 0 Å². The summed E-state index contributed by atoms with van der Waals surface area (Å²) >= 11 is 0. The van der Waals surface area contributed by atoms with Crippen LogP contribution in [0.3, 0.4) is 0 Å². The van der Waals surface area contributed by atoms with Gasteiger partial charge in [0.1, 0.15) is 5.60 Å². The third-order valence-corrected chi connectivity index (χ3v) is 3.85. The zero-order chi connectivity index (χ0) is 16.6. The molecule has 1 aliphatic rings. The van der Waals surface area contributed by atoms with Gasteiger partial charge < -0.3 is 14.6 Å². The van der Waals surface area contributed by atoms with Crippen molar-refractivity contribution in [2.75, 3.05) is 0 Å². The van der Waals surface area contributed by atoms with E-state index in [9.17, 15) is 4.79 Å². The van der Waals surface area contributed by atoms with E-state index in [4.69, 9.17) is 9.26 Å². The van der Waals surface area contributed by atoms with Gasteiger partial charge in [0, 0.05) is 5.56 Å². The number of aryl methyl sites for hydroxylation is 2. The van der Waals surface area contributed by atoms with Gasteiger partial charge in [-0.2, -0.15) is 4.98 Å². The third kappa shape index (κ3) is 3.36. The summed E-state index contributed by atoms with van der Waals surface area (Å²) in [6, 6.07) is 4.15. The summed E-state index contributed by atoms with van der Waals surface area (Å²) in [5, 5.41) is 6.62. The van der Waals surface area contributed by atoms with E-state index in [0.717, 1.165) is 29.5 Å². The molecule has 1 atom stereocenters. The normalized spacial score (nSPS) is 17.0. The lowest BCUT2D eigenvalue weighted by Gasteiger charge is -2.22. The van der Waals surface area contributed by atoms with Crippen molar-refractivity contribution < 1.29 is 14.1 Å². The monoisotopic (exact) mass is 315 g/mol. The van der Waals surface area contributed by atoms with Crippen molar-refractivity contribution in [3.05, 3.63) is 35.2 Å². The molecule has 3 rings (SSSR count). The predicted octanol–water partition coefficient (Wildman–Crippen LogP) is 3.56. The molecule has 2 aromatic rings. The molecule has 0 fully saturated rings. The fraction of sp³-hybridized carbons (Fsp3) is 0.471. The number of benzene rings is 1. The number of fused-ring (bicyclic) bond motifs is 1. The number of rotatable bonds is 2. The lowest BCUT2D eigenvalue weighted by Crippen LogP contribution is -2.34. The highest BCUT2D eigenvalue weighted by Gasteiger charge is 2.27. The maximum atomic E-state index is 12.0. The van der Waals surface area contributed by atoms with Crippen LogP contribution in [0.5, 0.6) is 0 Å². The third-order valence-electron chi connectivity index (χ3n) is 3.85. The Labute approximate surface area is 135 Å². The van der Waals surface area contributed by atoms with Crippen molar-refractivity contribution in [2.24, 2.45) is 0 Å². The summed E-state index contributed by atoms with van der Waals surface area (Å²) < 4.78 is 10.5. The van der Waals surface area contributed by atoms with Gasteiger partial charge in [0.25, 0.3) is 5.89 Å². The van der Waals surface area contributed by atoms with Gasteiger partial charge in [0.2, 0.25) is 0 Å². The van der Waals surface area contributed by atoms with Gasteiger partial charge in [-0.1, -0.05) is 11.2 Å². The van der Waals surface area contributed by atoms with Crippen LogP contribution in [0.4, 0.5) is 4.79 Å². The number of alkyl carbamates (subject to hydrolysis) is 1. The lowest BCUT2D eigenvalue weighted by atomic mass is 9.99. The highest BCUT2D eigenvalue weighted by Crippen LogP contribution is 2.36. The maximum Gasteiger partial charge on any atom is 0.408 e. The zero-order valence-electron chi connectivity index (χ0n) is 13.8. The summed E-state index contributed by atoms with van der Waals surface area (Å²) in [7, 11) is 0. The minimum atomic E-state index is -0.497. The Bertz CT molecular complexity index is 717. The molecule has 1 heterocycles. The molecule has 0 bridgehead atoms. The van der Waals surface area contributed by atoms with Crippen molar-refractivity contribution in [2.45, 2.75) is 52.2 Å². The Morgan fingerprint density at radius 3 is 2.83 bits per heavy atom. The van der Waals surface area contributed by atoms with Gasteiger partial charge >= 0.3 is 6.09 Å². The van der Waals surface area contributed by atoms with Crippen LogP contribution in [0.1, 0.15) is 49.9 Å². The van der Waals surface area contributed by atoms with Crippen LogP contribution in [-0.2, 0) is 11.2 Å². The molecule has 1 aromatic heterocycles. The van der Waals surface area contributed by atoms with E-state index in [0.29, 0.717) is 5.89 Å². The van der Waals surface area contributed by atoms with Crippen molar-refractivity contribution in [3.63, 3.8) is 0 Å². The molecule has 1 N–H and O–H groups in total. The number of carbonyl (C=O) groups is 1. The lowest BCUT2D eigenvalue weighted by molar-refractivity contribution is 0.0503. The minimum absolute atomic E-state index is 0.0183. The molecule has 6 heteroatoms. The minimum Gasteiger partial charge on any atom is -0.444 e. The first-order valence-corrected chi connectivity index (χ1v) is 7.73. The first-order valence-electron chi connectivity index (χ1n) is 7.73. The largest absolute Gasteiger partial charge is 0.444 e. The van der Waals surface area contributed by atoms with Crippen molar-refractivity contribution in [3.8, 4) is 11.5 Å². The molecule has 1 amide bonds. The van der Waals surface area contributed by atoms with Crippen LogP contribution in [0.25, 0.3) is 11.5 Å². The van der Waals surface area contributed by atoms with E-state index in [1.54, 1.807) is 0 Å². The quantitative estimate of drug-likeness (QED) is 0.917. The van der Waals surface area contributed by atoms with E-state index >= 15 is 0 Å². The summed E-state index contributed by atoms with van der Waals surface area (Å²) in [4.78, 5) is 16.1. The van der Waals surface area contributed by atoms with Crippen LogP contribution in [-0.4, -0.2) is 21.8 Å². The summed E-state index contributed by atoms with van der Waals surface area (Å²) in [6.45, 7) is 7.57. The smallest absolute Gasteiger partial charge is 0.408 e. The van der Waals surface area contributed by atoms with Gasteiger partial charge in [0.05, 0.1) is 6.04 Å². The number of carbonyl (C=O) groups excluding carboxylic acids is 1. The van der Waals surface area contributed by atoms with E-state index < -0.39 is 5.60 Å². The number of amides is 1. The first-order chi connectivity index (χ1) is 10.8. The van der Waals surface area contributed by atoms with E-state index in [-0.39, 0.29) is 12.1 Å². The molecule has 0 saturated heterocycles. The fourth-order valence-corrected chi connectivity index (χ4v) is 2.89. The molecule has 23 heavy (non-hydrogen) atoms. The Balaban J connectivity index is 1.81. The second-order valence-corrected chi connectivity index (χ2v) is 6.85. The molecule has 0 radical (unpaired) electrons. The highest BCUT2D eigenvalue weighted by atomic mass is 16.6. The Hall–Kier alpha value is -2.37. The number of hydrogen-bond donors (Lipinski definition) is 1. The van der Waals surface area contributed by atoms with Crippen LogP contribution < -0.4 is 5.32 Å². The molecule has 0 unspecified atom stereocenters. The molecular weight excluding hydrogens is 294 g/mol. The molecule has 1 aliphatic carbocycles. The molecular formula is C17H21N3O3. The van der Waals surface area contributed by atoms with Gasteiger partial charge in [-0.05, 0) is 63.3 Å². The van der Waals surface area contributed by atoms with E-state index in [1.807, 2.05) is 27.7 Å². The summed E-state index contributed by atoms with van der Waals surface area (Å²) in [5.41, 5.74) is 3.83. The molecule has 1 aromatic carbocycles. The molecule has 6 nitrogen and oxygen atoms in total. The number of nitrogens with one attached hydrogen (secondary N) is 1. The highest BCUT2D eigenvalue weighted by molar-refractivity contribution is 5.69. The molecule has 0 saturated carbocycles. The standard InChI is InChI=1S/C17H21N3O3/c1-10-7-13-11(8-12(10)15-18-9-19-23-15)5-6-14(13)20-16(21)22-17(2,3)4/h7-9,14H,5-6H2,1-4H3,(H,20,21)/t14-/m1/s1. The zero-order valence-corrected chi connectivity index (χ0v) is 13.8. The van der Waals surface area contributed by atoms with Crippen molar-refractivity contribution in [1.29, 1.82) is 0 Å². The van der Waals surface area contributed by atoms with Crippen LogP contribution >= 0.6 is 0 Å². The average molecular weight is 315 g/mol. The number of ether oxygens (including phenoxy) is 1. The van der Waals surface area contributed by atoms with E-state index in [2.05, 4.69) is 27.6 Å². The van der Waals surface area contributed by atoms with Gasteiger partial charge in [-0.15, -0.1) is 0 Å². The van der Waals surface area contributed by atoms with Crippen LogP contribution in [0, 0.1) is 6.92 Å². The van der Waals surface area contributed by atoms with Crippen LogP contribution in [0.2, 0.25) is 0 Å². The average Bonchev–Trinajstić information content (AvgIpc) is 3.06. The second-order valence-electron chi connectivity index (χ2n) is 6.85. The van der Waals surface area contributed by atoms with Gasteiger partial charge in [-0.25, -0.2) is 4.79 Å². The number of nitrogens with zero attached hydrogens (tertiary/aromatic N) is 2. The van der Waals surface area contributed by atoms with Gasteiger partial charge in [0.15, 0.2) is 6.33 Å².